The predicted octanol–water partition coefficient (Wildman–Crippen LogP) is 25.7. The predicted molar refractivity (Wildman–Crippen MR) is 423 cm³/mol. The number of phosphoric acid groups is 2. The Hall–Kier alpha value is -1.94. The summed E-state index contributed by atoms with van der Waals surface area (Å²) in [4.78, 5) is 73.1. The molecule has 0 fully saturated rings. The van der Waals surface area contributed by atoms with Gasteiger partial charge in [-0.2, -0.15) is 0 Å². The fourth-order valence-electron chi connectivity index (χ4n) is 13.2. The highest BCUT2D eigenvalue weighted by atomic mass is 31.2. The van der Waals surface area contributed by atoms with Crippen molar-refractivity contribution < 1.29 is 80.2 Å². The molecular weight excluding hydrogens is 1340 g/mol. The average molecular weight is 1510 g/mol. The lowest BCUT2D eigenvalue weighted by Crippen LogP contribution is -2.30. The number of carbonyl (C=O) groups is 4. The Morgan fingerprint density at radius 2 is 0.388 bits per heavy atom. The van der Waals surface area contributed by atoms with Crippen LogP contribution in [0.4, 0.5) is 0 Å². The molecule has 0 amide bonds. The highest BCUT2D eigenvalue weighted by molar-refractivity contribution is 7.47. The SMILES string of the molecule is CCCCCCCCCCCCCCCCCCCCCCCC(=O)O[C@H](COC(=O)CCCCCCCCCCCCCCCCCCCC)COP(=O)(O)OC[C@@H](O)COP(=O)(O)OC[C@@H](COC(=O)CCCCCCCCCCCCC)OC(=O)CCCCCCCCCCCCCCC. The Kier molecular flexibility index (Phi) is 76.7. The molecule has 0 radical (unpaired) electrons. The van der Waals surface area contributed by atoms with Gasteiger partial charge in [-0.25, -0.2) is 9.13 Å². The van der Waals surface area contributed by atoms with Gasteiger partial charge in [0.2, 0.25) is 0 Å². The molecule has 0 spiro atoms. The Morgan fingerprint density at radius 1 is 0.233 bits per heavy atom. The van der Waals surface area contributed by atoms with Gasteiger partial charge < -0.3 is 33.8 Å². The van der Waals surface area contributed by atoms with E-state index >= 15 is 0 Å². The minimum atomic E-state index is -4.96. The number of hydrogen-bond acceptors (Lipinski definition) is 15. The molecule has 0 aliphatic rings. The van der Waals surface area contributed by atoms with Crippen LogP contribution in [0.1, 0.15) is 458 Å². The number of carbonyl (C=O) groups excluding carboxylic acids is 4. The first-order chi connectivity index (χ1) is 50.2. The standard InChI is InChI=1S/C84H164O17P2/c1-5-9-13-17-21-25-29-32-34-36-38-39-40-42-44-47-51-55-59-63-67-71-84(89)101-80(75-95-82(87)69-65-61-57-53-49-46-43-41-37-35-33-30-26-22-18-14-10-6-2)77-99-103(92,93)97-73-78(85)72-96-102(90,91)98-76-79(74-94-81(86)68-64-60-56-52-48-28-24-20-16-12-8-4)100-83(88)70-66-62-58-54-50-45-31-27-23-19-15-11-7-3/h78-80,85H,5-77H2,1-4H3,(H,90,91)(H,92,93)/t78-,79+,80+/m0/s1. The molecule has 0 aromatic rings. The molecule has 0 saturated heterocycles. The number of esters is 4. The van der Waals surface area contributed by atoms with E-state index in [1.165, 1.54) is 289 Å². The van der Waals surface area contributed by atoms with Crippen LogP contribution in [0.25, 0.3) is 0 Å². The fraction of sp³-hybridized carbons (Fsp3) is 0.952. The third-order valence-corrected chi connectivity index (χ3v) is 21.8. The van der Waals surface area contributed by atoms with Gasteiger partial charge in [-0.15, -0.1) is 0 Å². The summed E-state index contributed by atoms with van der Waals surface area (Å²) in [6.45, 7) is 5.04. The normalized spacial score (nSPS) is 13.7. The first-order valence-corrected chi connectivity index (χ1v) is 46.8. The van der Waals surface area contributed by atoms with Gasteiger partial charge in [0.25, 0.3) is 0 Å². The van der Waals surface area contributed by atoms with E-state index < -0.39 is 97.5 Å². The molecule has 3 N–H and O–H groups in total. The zero-order valence-corrected chi connectivity index (χ0v) is 69.1. The summed E-state index contributed by atoms with van der Waals surface area (Å²) in [7, 11) is -9.92. The van der Waals surface area contributed by atoms with Crippen LogP contribution in [0.2, 0.25) is 0 Å². The van der Waals surface area contributed by atoms with Crippen molar-refractivity contribution in [2.24, 2.45) is 0 Å². The number of phosphoric ester groups is 2. The van der Waals surface area contributed by atoms with Gasteiger partial charge in [-0.1, -0.05) is 407 Å². The number of rotatable bonds is 85. The smallest absolute Gasteiger partial charge is 0.462 e. The third-order valence-electron chi connectivity index (χ3n) is 19.9. The monoisotopic (exact) mass is 1510 g/mol. The Bertz CT molecular complexity index is 1950. The van der Waals surface area contributed by atoms with Gasteiger partial charge >= 0.3 is 39.5 Å². The van der Waals surface area contributed by atoms with Gasteiger partial charge in [0.15, 0.2) is 12.2 Å². The number of hydrogen-bond donors (Lipinski definition) is 3. The van der Waals surface area contributed by atoms with E-state index in [0.29, 0.717) is 25.7 Å². The van der Waals surface area contributed by atoms with Gasteiger partial charge in [0, 0.05) is 25.7 Å². The third kappa shape index (κ3) is 78.0. The van der Waals surface area contributed by atoms with Crippen LogP contribution in [0.5, 0.6) is 0 Å². The molecule has 0 aromatic heterocycles. The molecule has 0 aliphatic carbocycles. The van der Waals surface area contributed by atoms with Crippen molar-refractivity contribution >= 4 is 39.5 Å². The molecule has 0 heterocycles. The van der Waals surface area contributed by atoms with E-state index in [-0.39, 0.29) is 25.7 Å². The first-order valence-electron chi connectivity index (χ1n) is 43.8. The fourth-order valence-corrected chi connectivity index (χ4v) is 14.7. The average Bonchev–Trinajstić information content (AvgIpc) is 0.952. The van der Waals surface area contributed by atoms with E-state index in [4.69, 9.17) is 37.0 Å². The molecule has 0 saturated carbocycles. The number of aliphatic hydroxyl groups is 1. The van der Waals surface area contributed by atoms with E-state index in [0.717, 1.165) is 89.9 Å². The maximum atomic E-state index is 13.1. The summed E-state index contributed by atoms with van der Waals surface area (Å²) < 4.78 is 68.8. The Morgan fingerprint density at radius 3 is 0.573 bits per heavy atom. The van der Waals surface area contributed by atoms with E-state index in [1.54, 1.807) is 0 Å². The largest absolute Gasteiger partial charge is 0.472 e. The second-order valence-electron chi connectivity index (χ2n) is 30.2. The van der Waals surface area contributed by atoms with Gasteiger partial charge in [0.1, 0.15) is 19.3 Å². The second kappa shape index (κ2) is 78.2. The summed E-state index contributed by atoms with van der Waals surface area (Å²) in [6.07, 6.45) is 72.2. The topological polar surface area (TPSA) is 237 Å². The summed E-state index contributed by atoms with van der Waals surface area (Å²) >= 11 is 0. The van der Waals surface area contributed by atoms with Crippen molar-refractivity contribution in [2.45, 2.75) is 476 Å². The molecule has 17 nitrogen and oxygen atoms in total. The molecule has 0 aliphatic heterocycles. The summed E-state index contributed by atoms with van der Waals surface area (Å²) in [5.74, 6) is -2.10. The molecule has 612 valence electrons. The second-order valence-corrected chi connectivity index (χ2v) is 33.1. The highest BCUT2D eigenvalue weighted by Crippen LogP contribution is 2.45. The maximum Gasteiger partial charge on any atom is 0.472 e. The van der Waals surface area contributed by atoms with Gasteiger partial charge in [0.05, 0.1) is 26.4 Å². The molecule has 19 heteroatoms. The lowest BCUT2D eigenvalue weighted by molar-refractivity contribution is -0.161. The summed E-state index contributed by atoms with van der Waals surface area (Å²) in [5, 5.41) is 10.7. The summed E-state index contributed by atoms with van der Waals surface area (Å²) in [6, 6.07) is 0. The van der Waals surface area contributed by atoms with E-state index in [1.807, 2.05) is 0 Å². The minimum Gasteiger partial charge on any atom is -0.462 e. The Balaban J connectivity index is 5.22. The molecule has 103 heavy (non-hydrogen) atoms. The molecule has 2 unspecified atom stereocenters. The Labute approximate surface area is 632 Å². The lowest BCUT2D eigenvalue weighted by Gasteiger charge is -2.21. The van der Waals surface area contributed by atoms with Crippen LogP contribution in [-0.2, 0) is 65.4 Å². The molecule has 0 aromatic carbocycles. The quantitative estimate of drug-likeness (QED) is 0.0222. The first kappa shape index (κ1) is 101. The molecule has 0 rings (SSSR count). The number of ether oxygens (including phenoxy) is 4. The van der Waals surface area contributed by atoms with Crippen LogP contribution >= 0.6 is 15.6 Å². The van der Waals surface area contributed by atoms with Crippen molar-refractivity contribution in [3.63, 3.8) is 0 Å². The molecule has 5 atom stereocenters. The van der Waals surface area contributed by atoms with Crippen molar-refractivity contribution in [2.75, 3.05) is 39.6 Å². The van der Waals surface area contributed by atoms with Crippen LogP contribution in [-0.4, -0.2) is 96.7 Å². The van der Waals surface area contributed by atoms with Gasteiger partial charge in [-0.05, 0) is 25.7 Å². The number of aliphatic hydroxyl groups excluding tert-OH is 1. The van der Waals surface area contributed by atoms with Crippen molar-refractivity contribution in [1.29, 1.82) is 0 Å². The number of unbranched alkanes of at least 4 members (excludes halogenated alkanes) is 59. The highest BCUT2D eigenvalue weighted by Gasteiger charge is 2.30. The van der Waals surface area contributed by atoms with E-state index in [9.17, 15) is 43.2 Å². The molecule has 0 bridgehead atoms. The lowest BCUT2D eigenvalue weighted by atomic mass is 10.0. The zero-order valence-electron chi connectivity index (χ0n) is 67.3. The summed E-state index contributed by atoms with van der Waals surface area (Å²) in [5.41, 5.74) is 0. The zero-order chi connectivity index (χ0) is 75.3. The minimum absolute atomic E-state index is 0.109. The van der Waals surface area contributed by atoms with Crippen molar-refractivity contribution in [3.05, 3.63) is 0 Å². The van der Waals surface area contributed by atoms with E-state index in [2.05, 4.69) is 27.7 Å². The molecular formula is C84H164O17P2. The van der Waals surface area contributed by atoms with Crippen molar-refractivity contribution in [1.82, 2.24) is 0 Å². The van der Waals surface area contributed by atoms with Crippen LogP contribution in [0.15, 0.2) is 0 Å². The van der Waals surface area contributed by atoms with Crippen LogP contribution in [0, 0.1) is 0 Å². The van der Waals surface area contributed by atoms with Crippen molar-refractivity contribution in [3.8, 4) is 0 Å². The maximum absolute atomic E-state index is 13.1. The van der Waals surface area contributed by atoms with Crippen LogP contribution < -0.4 is 0 Å². The van der Waals surface area contributed by atoms with Crippen LogP contribution in [0.3, 0.4) is 0 Å². The van der Waals surface area contributed by atoms with Gasteiger partial charge in [-0.3, -0.25) is 37.3 Å².